The van der Waals surface area contributed by atoms with Crippen molar-refractivity contribution in [2.45, 2.75) is 25.8 Å². The van der Waals surface area contributed by atoms with Gasteiger partial charge in [-0.15, -0.1) is 23.7 Å². The third-order valence-corrected chi connectivity index (χ3v) is 5.36. The Kier molecular flexibility index (Phi) is 6.08. The Hall–Kier alpha value is -1.08. The molecule has 0 saturated carbocycles. The SMILES string of the molecule is CC(N)C1CCN(C(=O)c2cc(-c3ccc(Cl)s3)on2)CC1.Cl. The molecule has 23 heavy (non-hydrogen) atoms. The molecule has 1 atom stereocenters. The summed E-state index contributed by atoms with van der Waals surface area (Å²) in [4.78, 5) is 15.2. The standard InChI is InChI=1S/C15H18ClN3O2S.ClH/c1-9(17)10-4-6-19(7-5-10)15(20)11-8-12(21-18-11)13-2-3-14(16)22-13;/h2-3,8-10H,4-7,17H2,1H3;1H. The number of aromatic nitrogens is 1. The first kappa shape index (κ1) is 18.3. The molecule has 2 N–H and O–H groups in total. The lowest BCUT2D eigenvalue weighted by Crippen LogP contribution is -2.42. The highest BCUT2D eigenvalue weighted by Gasteiger charge is 2.27. The van der Waals surface area contributed by atoms with Gasteiger partial charge in [-0.2, -0.15) is 0 Å². The number of piperidine rings is 1. The summed E-state index contributed by atoms with van der Waals surface area (Å²) in [6.07, 6.45) is 1.88. The number of amides is 1. The monoisotopic (exact) mass is 375 g/mol. The van der Waals surface area contributed by atoms with E-state index in [1.165, 1.54) is 11.3 Å². The highest BCUT2D eigenvalue weighted by atomic mass is 35.5. The van der Waals surface area contributed by atoms with Crippen molar-refractivity contribution in [3.8, 4) is 10.6 Å². The molecule has 0 radical (unpaired) electrons. The van der Waals surface area contributed by atoms with E-state index in [2.05, 4.69) is 5.16 Å². The zero-order chi connectivity index (χ0) is 15.7. The van der Waals surface area contributed by atoms with Crippen LogP contribution in [-0.4, -0.2) is 35.1 Å². The maximum absolute atomic E-state index is 12.5. The molecule has 0 bridgehead atoms. The summed E-state index contributed by atoms with van der Waals surface area (Å²) in [7, 11) is 0. The van der Waals surface area contributed by atoms with Crippen LogP contribution < -0.4 is 5.73 Å². The lowest BCUT2D eigenvalue weighted by atomic mass is 9.91. The number of hydrogen-bond donors (Lipinski definition) is 1. The smallest absolute Gasteiger partial charge is 0.276 e. The third kappa shape index (κ3) is 4.07. The molecule has 2 aromatic heterocycles. The molecule has 2 aromatic rings. The van der Waals surface area contributed by atoms with Gasteiger partial charge in [0.05, 0.1) is 9.21 Å². The normalized spacial score (nSPS) is 16.9. The fraction of sp³-hybridized carbons (Fsp3) is 0.467. The van der Waals surface area contributed by atoms with Crippen molar-refractivity contribution >= 4 is 41.3 Å². The second-order valence-electron chi connectivity index (χ2n) is 5.67. The zero-order valence-electron chi connectivity index (χ0n) is 12.7. The topological polar surface area (TPSA) is 72.4 Å². The Morgan fingerprint density at radius 3 is 2.74 bits per heavy atom. The molecule has 1 fully saturated rings. The number of rotatable bonds is 3. The Bertz CT molecular complexity index is 663. The van der Waals surface area contributed by atoms with E-state index in [1.807, 2.05) is 17.9 Å². The van der Waals surface area contributed by atoms with Gasteiger partial charge < -0.3 is 15.2 Å². The van der Waals surface area contributed by atoms with Crippen LogP contribution in [0.4, 0.5) is 0 Å². The molecule has 1 aliphatic heterocycles. The summed E-state index contributed by atoms with van der Waals surface area (Å²) in [5.41, 5.74) is 6.28. The molecular weight excluding hydrogens is 357 g/mol. The predicted octanol–water partition coefficient (Wildman–Crippen LogP) is 3.68. The van der Waals surface area contributed by atoms with Gasteiger partial charge in [-0.1, -0.05) is 16.8 Å². The molecular formula is C15H19Cl2N3O2S. The summed E-state index contributed by atoms with van der Waals surface area (Å²) in [5, 5.41) is 3.90. The van der Waals surface area contributed by atoms with Gasteiger partial charge in [-0.05, 0) is 37.8 Å². The quantitative estimate of drug-likeness (QED) is 0.887. The van der Waals surface area contributed by atoms with Gasteiger partial charge >= 0.3 is 0 Å². The Morgan fingerprint density at radius 1 is 1.48 bits per heavy atom. The average Bonchev–Trinajstić information content (AvgIpc) is 3.15. The van der Waals surface area contributed by atoms with Crippen LogP contribution in [0.2, 0.25) is 4.34 Å². The van der Waals surface area contributed by atoms with Crippen molar-refractivity contribution in [3.05, 3.63) is 28.2 Å². The first-order chi connectivity index (χ1) is 10.5. The lowest BCUT2D eigenvalue weighted by molar-refractivity contribution is 0.0670. The number of hydrogen-bond acceptors (Lipinski definition) is 5. The van der Waals surface area contributed by atoms with E-state index in [0.29, 0.717) is 21.7 Å². The van der Waals surface area contributed by atoms with Gasteiger partial charge in [-0.25, -0.2) is 0 Å². The first-order valence-corrected chi connectivity index (χ1v) is 8.51. The number of likely N-dealkylation sites (tertiary alicyclic amines) is 1. The van der Waals surface area contributed by atoms with Crippen molar-refractivity contribution in [1.82, 2.24) is 10.1 Å². The zero-order valence-corrected chi connectivity index (χ0v) is 15.1. The molecule has 1 unspecified atom stereocenters. The van der Waals surface area contributed by atoms with Gasteiger partial charge in [0.2, 0.25) is 0 Å². The molecule has 3 rings (SSSR count). The lowest BCUT2D eigenvalue weighted by Gasteiger charge is -2.33. The minimum Gasteiger partial charge on any atom is -0.355 e. The van der Waals surface area contributed by atoms with Crippen LogP contribution in [0.5, 0.6) is 0 Å². The summed E-state index contributed by atoms with van der Waals surface area (Å²) in [6, 6.07) is 5.52. The summed E-state index contributed by atoms with van der Waals surface area (Å²) in [5.74, 6) is 0.983. The molecule has 5 nitrogen and oxygen atoms in total. The van der Waals surface area contributed by atoms with Crippen LogP contribution in [0.15, 0.2) is 22.7 Å². The Morgan fingerprint density at radius 2 is 2.17 bits per heavy atom. The maximum atomic E-state index is 12.5. The average molecular weight is 376 g/mol. The molecule has 126 valence electrons. The fourth-order valence-corrected chi connectivity index (χ4v) is 3.72. The van der Waals surface area contributed by atoms with E-state index in [1.54, 1.807) is 12.1 Å². The molecule has 0 spiro atoms. The van der Waals surface area contributed by atoms with Gasteiger partial charge in [0.25, 0.3) is 5.91 Å². The third-order valence-electron chi connectivity index (χ3n) is 4.12. The number of carbonyl (C=O) groups excluding carboxylic acids is 1. The van der Waals surface area contributed by atoms with Gasteiger partial charge in [0.1, 0.15) is 0 Å². The molecule has 1 amide bonds. The van der Waals surface area contributed by atoms with Crippen LogP contribution in [0.1, 0.15) is 30.3 Å². The van der Waals surface area contributed by atoms with Gasteiger partial charge in [-0.3, -0.25) is 4.79 Å². The van der Waals surface area contributed by atoms with Crippen LogP contribution in [0.25, 0.3) is 10.6 Å². The van der Waals surface area contributed by atoms with Gasteiger partial charge in [0.15, 0.2) is 11.5 Å². The number of nitrogens with two attached hydrogens (primary N) is 1. The molecule has 0 aliphatic carbocycles. The van der Waals surface area contributed by atoms with Crippen LogP contribution in [0.3, 0.4) is 0 Å². The van der Waals surface area contributed by atoms with Crippen LogP contribution in [-0.2, 0) is 0 Å². The van der Waals surface area contributed by atoms with Gasteiger partial charge in [0, 0.05) is 25.2 Å². The van der Waals surface area contributed by atoms with Crippen molar-refractivity contribution in [2.24, 2.45) is 11.7 Å². The van der Waals surface area contributed by atoms with Crippen LogP contribution >= 0.6 is 35.3 Å². The molecule has 0 aromatic carbocycles. The van der Waals surface area contributed by atoms with E-state index in [4.69, 9.17) is 21.9 Å². The molecule has 1 aliphatic rings. The number of halogens is 2. The number of carbonyl (C=O) groups is 1. The molecule has 3 heterocycles. The second-order valence-corrected chi connectivity index (χ2v) is 7.38. The molecule has 8 heteroatoms. The fourth-order valence-electron chi connectivity index (χ4n) is 2.73. The largest absolute Gasteiger partial charge is 0.355 e. The summed E-state index contributed by atoms with van der Waals surface area (Å²) >= 11 is 7.31. The second kappa shape index (κ2) is 7.66. The minimum absolute atomic E-state index is 0. The van der Waals surface area contributed by atoms with E-state index < -0.39 is 0 Å². The van der Waals surface area contributed by atoms with Crippen LogP contribution in [0, 0.1) is 5.92 Å². The van der Waals surface area contributed by atoms with Crippen molar-refractivity contribution in [1.29, 1.82) is 0 Å². The first-order valence-electron chi connectivity index (χ1n) is 7.32. The summed E-state index contributed by atoms with van der Waals surface area (Å²) in [6.45, 7) is 3.47. The van der Waals surface area contributed by atoms with Crippen molar-refractivity contribution in [2.75, 3.05) is 13.1 Å². The van der Waals surface area contributed by atoms with E-state index in [0.717, 1.165) is 30.8 Å². The maximum Gasteiger partial charge on any atom is 0.276 e. The van der Waals surface area contributed by atoms with E-state index in [-0.39, 0.29) is 24.4 Å². The van der Waals surface area contributed by atoms with E-state index >= 15 is 0 Å². The Balaban J connectivity index is 0.00000192. The number of nitrogens with zero attached hydrogens (tertiary/aromatic N) is 2. The molecule has 1 saturated heterocycles. The Labute approximate surface area is 150 Å². The summed E-state index contributed by atoms with van der Waals surface area (Å²) < 4.78 is 5.95. The minimum atomic E-state index is -0.0826. The highest BCUT2D eigenvalue weighted by molar-refractivity contribution is 7.19. The predicted molar refractivity (Wildman–Crippen MR) is 94.4 cm³/mol. The van der Waals surface area contributed by atoms with Crippen molar-refractivity contribution < 1.29 is 9.32 Å². The van der Waals surface area contributed by atoms with Crippen molar-refractivity contribution in [3.63, 3.8) is 0 Å². The number of thiophene rings is 1. The van der Waals surface area contributed by atoms with E-state index in [9.17, 15) is 4.79 Å². The highest BCUT2D eigenvalue weighted by Crippen LogP contribution is 2.31.